The molecule has 0 aliphatic heterocycles. The van der Waals surface area contributed by atoms with Gasteiger partial charge in [0.2, 0.25) is 5.89 Å². The molecule has 0 fully saturated rings. The lowest BCUT2D eigenvalue weighted by Crippen LogP contribution is -1.86. The highest BCUT2D eigenvalue weighted by Gasteiger charge is 2.09. The molecule has 3 aromatic rings. The largest absolute Gasteiger partial charge is 0.436 e. The van der Waals surface area contributed by atoms with Crippen LogP contribution in [0.4, 0.5) is 5.69 Å². The van der Waals surface area contributed by atoms with Crippen molar-refractivity contribution < 1.29 is 4.42 Å². The van der Waals surface area contributed by atoms with Crippen molar-refractivity contribution in [3.63, 3.8) is 0 Å². The second kappa shape index (κ2) is 4.30. The molecule has 2 aromatic carbocycles. The van der Waals surface area contributed by atoms with Crippen molar-refractivity contribution in [2.24, 2.45) is 0 Å². The average Bonchev–Trinajstić information content (AvgIpc) is 2.70. The van der Waals surface area contributed by atoms with E-state index in [4.69, 9.17) is 21.8 Å². The Bertz CT molecular complexity index is 719. The number of rotatable bonds is 1. The molecule has 0 saturated heterocycles. The third-order valence-corrected chi connectivity index (χ3v) is 3.23. The molecular weight excluding hydrogens is 316 g/mol. The molecular formula is C13H8BrClN2O. The van der Waals surface area contributed by atoms with Crippen LogP contribution in [0.2, 0.25) is 5.02 Å². The van der Waals surface area contributed by atoms with E-state index >= 15 is 0 Å². The average molecular weight is 324 g/mol. The third-order valence-electron chi connectivity index (χ3n) is 2.52. The molecule has 3 nitrogen and oxygen atoms in total. The van der Waals surface area contributed by atoms with Crippen LogP contribution in [0.15, 0.2) is 45.3 Å². The topological polar surface area (TPSA) is 52.0 Å². The molecule has 0 atom stereocenters. The molecule has 3 rings (SSSR count). The lowest BCUT2D eigenvalue weighted by atomic mass is 10.2. The Morgan fingerprint density at radius 3 is 2.78 bits per heavy atom. The van der Waals surface area contributed by atoms with E-state index in [1.165, 1.54) is 0 Å². The molecule has 0 radical (unpaired) electrons. The zero-order valence-corrected chi connectivity index (χ0v) is 11.5. The van der Waals surface area contributed by atoms with Crippen LogP contribution < -0.4 is 5.73 Å². The molecule has 0 amide bonds. The van der Waals surface area contributed by atoms with Crippen molar-refractivity contribution >= 4 is 44.3 Å². The first-order valence-electron chi connectivity index (χ1n) is 5.24. The molecule has 0 spiro atoms. The molecule has 0 aliphatic rings. The van der Waals surface area contributed by atoms with Crippen LogP contribution >= 0.6 is 27.5 Å². The van der Waals surface area contributed by atoms with Gasteiger partial charge in [0.25, 0.3) is 0 Å². The van der Waals surface area contributed by atoms with E-state index in [2.05, 4.69) is 20.9 Å². The van der Waals surface area contributed by atoms with Crippen molar-refractivity contribution in [1.82, 2.24) is 4.98 Å². The molecule has 0 aliphatic carbocycles. The van der Waals surface area contributed by atoms with Crippen LogP contribution in [-0.4, -0.2) is 4.98 Å². The van der Waals surface area contributed by atoms with Gasteiger partial charge < -0.3 is 10.2 Å². The van der Waals surface area contributed by atoms with Crippen molar-refractivity contribution in [1.29, 1.82) is 0 Å². The number of fused-ring (bicyclic) bond motifs is 1. The van der Waals surface area contributed by atoms with Gasteiger partial charge in [0, 0.05) is 20.7 Å². The first kappa shape index (κ1) is 11.6. The Labute approximate surface area is 117 Å². The summed E-state index contributed by atoms with van der Waals surface area (Å²) >= 11 is 9.37. The predicted octanol–water partition coefficient (Wildman–Crippen LogP) is 4.49. The van der Waals surface area contributed by atoms with Crippen LogP contribution in [0.1, 0.15) is 0 Å². The number of benzene rings is 2. The first-order valence-corrected chi connectivity index (χ1v) is 6.41. The number of oxazole rings is 1. The van der Waals surface area contributed by atoms with E-state index < -0.39 is 0 Å². The zero-order valence-electron chi connectivity index (χ0n) is 9.15. The number of hydrogen-bond donors (Lipinski definition) is 1. The Balaban J connectivity index is 2.19. The molecule has 0 saturated carbocycles. The fraction of sp³-hybridized carbons (Fsp3) is 0. The summed E-state index contributed by atoms with van der Waals surface area (Å²) in [6, 6.07) is 10.9. The van der Waals surface area contributed by atoms with Crippen molar-refractivity contribution in [2.75, 3.05) is 5.73 Å². The Morgan fingerprint density at radius 2 is 2.00 bits per heavy atom. The highest BCUT2D eigenvalue weighted by molar-refractivity contribution is 9.10. The monoisotopic (exact) mass is 322 g/mol. The van der Waals surface area contributed by atoms with Gasteiger partial charge >= 0.3 is 0 Å². The normalized spacial score (nSPS) is 11.0. The Hall–Kier alpha value is -1.52. The van der Waals surface area contributed by atoms with Crippen molar-refractivity contribution in [2.45, 2.75) is 0 Å². The highest BCUT2D eigenvalue weighted by Crippen LogP contribution is 2.29. The van der Waals surface area contributed by atoms with Gasteiger partial charge in [-0.1, -0.05) is 27.5 Å². The minimum Gasteiger partial charge on any atom is -0.436 e. The van der Waals surface area contributed by atoms with Crippen LogP contribution in [0.25, 0.3) is 22.6 Å². The van der Waals surface area contributed by atoms with E-state index in [-0.39, 0.29) is 0 Å². The van der Waals surface area contributed by atoms with Crippen LogP contribution in [0.5, 0.6) is 0 Å². The maximum atomic E-state index is 5.97. The van der Waals surface area contributed by atoms with E-state index in [9.17, 15) is 0 Å². The fourth-order valence-corrected chi connectivity index (χ4v) is 2.35. The second-order valence-electron chi connectivity index (χ2n) is 3.90. The number of anilines is 1. The summed E-state index contributed by atoms with van der Waals surface area (Å²) in [6.07, 6.45) is 0. The van der Waals surface area contributed by atoms with Crippen molar-refractivity contribution in [3.8, 4) is 11.5 Å². The minimum atomic E-state index is 0.511. The third kappa shape index (κ3) is 2.09. The van der Waals surface area contributed by atoms with E-state index in [1.54, 1.807) is 18.2 Å². The predicted molar refractivity (Wildman–Crippen MR) is 76.6 cm³/mol. The maximum Gasteiger partial charge on any atom is 0.227 e. The number of nitrogens with zero attached hydrogens (tertiary/aromatic N) is 1. The van der Waals surface area contributed by atoms with Gasteiger partial charge in [0.15, 0.2) is 5.58 Å². The number of nitrogen functional groups attached to an aromatic ring is 1. The lowest BCUT2D eigenvalue weighted by molar-refractivity contribution is 0.620. The molecule has 90 valence electrons. The summed E-state index contributed by atoms with van der Waals surface area (Å²) in [5.41, 5.74) is 8.63. The zero-order chi connectivity index (χ0) is 12.7. The van der Waals surface area contributed by atoms with Gasteiger partial charge in [-0.2, -0.15) is 0 Å². The SMILES string of the molecule is Nc1cc(Cl)cc(-c2nc3cc(Br)ccc3o2)c1. The standard InChI is InChI=1S/C13H8BrClN2O/c14-8-1-2-12-11(5-8)17-13(18-12)7-3-9(15)6-10(16)4-7/h1-6H,16H2. The van der Waals surface area contributed by atoms with E-state index in [1.807, 2.05) is 18.2 Å². The summed E-state index contributed by atoms with van der Waals surface area (Å²) < 4.78 is 6.63. The Morgan fingerprint density at radius 1 is 1.17 bits per heavy atom. The second-order valence-corrected chi connectivity index (χ2v) is 5.26. The molecule has 18 heavy (non-hydrogen) atoms. The van der Waals surface area contributed by atoms with E-state index in [0.717, 1.165) is 21.1 Å². The fourth-order valence-electron chi connectivity index (χ4n) is 1.76. The van der Waals surface area contributed by atoms with Crippen LogP contribution in [0, 0.1) is 0 Å². The lowest BCUT2D eigenvalue weighted by Gasteiger charge is -1.98. The summed E-state index contributed by atoms with van der Waals surface area (Å²) in [7, 11) is 0. The van der Waals surface area contributed by atoms with Crippen LogP contribution in [-0.2, 0) is 0 Å². The van der Waals surface area contributed by atoms with E-state index in [0.29, 0.717) is 16.6 Å². The molecule has 0 bridgehead atoms. The van der Waals surface area contributed by atoms with Gasteiger partial charge in [-0.25, -0.2) is 4.98 Å². The minimum absolute atomic E-state index is 0.511. The molecule has 2 N–H and O–H groups in total. The van der Waals surface area contributed by atoms with Gasteiger partial charge in [-0.15, -0.1) is 0 Å². The van der Waals surface area contributed by atoms with Crippen LogP contribution in [0.3, 0.4) is 0 Å². The summed E-state index contributed by atoms with van der Waals surface area (Å²) in [5.74, 6) is 0.511. The number of aromatic nitrogens is 1. The molecule has 0 unspecified atom stereocenters. The quantitative estimate of drug-likeness (QED) is 0.671. The number of halogens is 2. The smallest absolute Gasteiger partial charge is 0.227 e. The maximum absolute atomic E-state index is 5.97. The summed E-state index contributed by atoms with van der Waals surface area (Å²) in [4.78, 5) is 4.42. The molecule has 5 heteroatoms. The summed E-state index contributed by atoms with van der Waals surface area (Å²) in [5, 5.41) is 0.563. The number of nitrogens with two attached hydrogens (primary N) is 1. The molecule has 1 aromatic heterocycles. The number of hydrogen-bond acceptors (Lipinski definition) is 3. The van der Waals surface area contributed by atoms with Crippen molar-refractivity contribution in [3.05, 3.63) is 45.9 Å². The Kier molecular flexibility index (Phi) is 2.76. The first-order chi connectivity index (χ1) is 8.61. The van der Waals surface area contributed by atoms with Gasteiger partial charge in [0.05, 0.1) is 0 Å². The molecule has 1 heterocycles. The summed E-state index contributed by atoms with van der Waals surface area (Å²) in [6.45, 7) is 0. The highest BCUT2D eigenvalue weighted by atomic mass is 79.9. The van der Waals surface area contributed by atoms with Gasteiger partial charge in [-0.05, 0) is 36.4 Å². The van der Waals surface area contributed by atoms with Gasteiger partial charge in [-0.3, -0.25) is 0 Å². The van der Waals surface area contributed by atoms with Gasteiger partial charge in [0.1, 0.15) is 5.52 Å².